The van der Waals surface area contributed by atoms with E-state index in [1.54, 1.807) is 12.4 Å². The van der Waals surface area contributed by atoms with E-state index in [1.165, 1.54) is 0 Å². The van der Waals surface area contributed by atoms with Crippen LogP contribution in [0.4, 0.5) is 0 Å². The Morgan fingerprint density at radius 3 is 1.38 bits per heavy atom. The molecule has 5 aromatic rings. The Hall–Kier alpha value is -3.15. The first kappa shape index (κ1) is 19.5. The van der Waals surface area contributed by atoms with Gasteiger partial charge in [-0.2, -0.15) is 0 Å². The van der Waals surface area contributed by atoms with Crippen LogP contribution in [0, 0.1) is 0 Å². The maximum absolute atomic E-state index is 14.1. The Morgan fingerprint density at radius 1 is 0.562 bits per heavy atom. The zero-order valence-electron chi connectivity index (χ0n) is 16.6. The van der Waals surface area contributed by atoms with Crippen LogP contribution in [0.25, 0.3) is 33.0 Å². The molecule has 2 heterocycles. The third-order valence-electron chi connectivity index (χ3n) is 5.85. The summed E-state index contributed by atoms with van der Waals surface area (Å²) < 4.78 is 1.94. The van der Waals surface area contributed by atoms with Gasteiger partial charge in [-0.25, -0.2) is 0 Å². The Bertz CT molecular complexity index is 1560. The van der Waals surface area contributed by atoms with Crippen molar-refractivity contribution in [2.75, 3.05) is 0 Å². The number of pyridine rings is 2. The molecule has 0 unspecified atom stereocenters. The number of benzene rings is 3. The smallest absolute Gasteiger partial charge is 0.195 e. The van der Waals surface area contributed by atoms with E-state index in [0.29, 0.717) is 11.1 Å². The van der Waals surface area contributed by atoms with Crippen LogP contribution < -0.4 is 10.4 Å². The SMILES string of the molecule is O=C1C(c2ccc(Br)cc2)=c2c(c3cccnc3c3ncccc23)=C1c1ccc(Br)cc1. The summed E-state index contributed by atoms with van der Waals surface area (Å²) in [5, 5.41) is 3.73. The minimum absolute atomic E-state index is 0.0196. The van der Waals surface area contributed by atoms with Gasteiger partial charge in [0.1, 0.15) is 0 Å². The van der Waals surface area contributed by atoms with Gasteiger partial charge in [0.15, 0.2) is 5.78 Å². The van der Waals surface area contributed by atoms with Crippen LogP contribution in [0.2, 0.25) is 0 Å². The number of hydrogen-bond donors (Lipinski definition) is 0. The molecule has 32 heavy (non-hydrogen) atoms. The number of ketones is 1. The molecule has 1 aliphatic carbocycles. The van der Waals surface area contributed by atoms with Gasteiger partial charge in [0.2, 0.25) is 0 Å². The van der Waals surface area contributed by atoms with Gasteiger partial charge in [-0.1, -0.05) is 68.3 Å². The Labute approximate surface area is 200 Å². The summed E-state index contributed by atoms with van der Waals surface area (Å²) in [6.45, 7) is 0. The van der Waals surface area contributed by atoms with E-state index in [4.69, 9.17) is 0 Å². The van der Waals surface area contributed by atoms with Gasteiger partial charge >= 0.3 is 0 Å². The number of fused-ring (bicyclic) bond motifs is 6. The summed E-state index contributed by atoms with van der Waals surface area (Å²) in [4.78, 5) is 23.4. The quantitative estimate of drug-likeness (QED) is 0.285. The van der Waals surface area contributed by atoms with Gasteiger partial charge in [0.25, 0.3) is 0 Å². The van der Waals surface area contributed by atoms with Crippen molar-refractivity contribution in [3.05, 3.63) is 116 Å². The number of halogens is 2. The maximum Gasteiger partial charge on any atom is 0.195 e. The first-order valence-corrected chi connectivity index (χ1v) is 11.7. The molecule has 0 N–H and O–H groups in total. The fourth-order valence-electron chi connectivity index (χ4n) is 4.52. The molecule has 2 aromatic heterocycles. The molecule has 152 valence electrons. The summed E-state index contributed by atoms with van der Waals surface area (Å²) in [5.74, 6) is 0.0196. The summed E-state index contributed by atoms with van der Waals surface area (Å²) >= 11 is 7.01. The molecule has 0 spiro atoms. The Kier molecular flexibility index (Phi) is 4.56. The lowest BCUT2D eigenvalue weighted by molar-refractivity contribution is -0.108. The summed E-state index contributed by atoms with van der Waals surface area (Å²) in [6, 6.07) is 23.7. The molecule has 0 saturated heterocycles. The average Bonchev–Trinajstić information content (AvgIpc) is 3.13. The molecule has 0 atom stereocenters. The zero-order valence-corrected chi connectivity index (χ0v) is 19.8. The van der Waals surface area contributed by atoms with Crippen molar-refractivity contribution in [2.24, 2.45) is 0 Å². The molecule has 0 saturated carbocycles. The summed E-state index contributed by atoms with van der Waals surface area (Å²) in [5.41, 5.74) is 4.80. The van der Waals surface area contributed by atoms with E-state index >= 15 is 0 Å². The first-order chi connectivity index (χ1) is 15.6. The number of aromatic nitrogens is 2. The molecule has 0 amide bonds. The molecular weight excluding hydrogens is 528 g/mol. The highest BCUT2D eigenvalue weighted by atomic mass is 79.9. The number of carbonyl (C=O) groups excluding carboxylic acids is 1. The molecule has 0 bridgehead atoms. The minimum Gasteiger partial charge on any atom is -0.289 e. The fraction of sp³-hybridized carbons (Fsp3) is 0. The monoisotopic (exact) mass is 540 g/mol. The number of nitrogens with zero attached hydrogens (tertiary/aromatic N) is 2. The third kappa shape index (κ3) is 2.89. The van der Waals surface area contributed by atoms with Crippen LogP contribution in [0.3, 0.4) is 0 Å². The van der Waals surface area contributed by atoms with Crippen LogP contribution in [-0.4, -0.2) is 15.8 Å². The van der Waals surface area contributed by atoms with Crippen LogP contribution in [0.1, 0.15) is 11.1 Å². The van der Waals surface area contributed by atoms with Crippen molar-refractivity contribution in [2.45, 2.75) is 0 Å². The molecule has 3 nitrogen and oxygen atoms in total. The second-order valence-electron chi connectivity index (χ2n) is 7.64. The Balaban J connectivity index is 1.91. The number of Topliss-reactive ketones (excluding diaryl/α,β-unsaturated/α-hetero) is 1. The molecule has 1 aliphatic rings. The lowest BCUT2D eigenvalue weighted by atomic mass is 9.96. The van der Waals surface area contributed by atoms with Gasteiger partial charge in [0.05, 0.1) is 11.0 Å². The van der Waals surface area contributed by atoms with Crippen LogP contribution >= 0.6 is 31.9 Å². The highest BCUT2D eigenvalue weighted by molar-refractivity contribution is 9.10. The van der Waals surface area contributed by atoms with E-state index in [2.05, 4.69) is 41.8 Å². The molecule has 6 rings (SSSR count). The number of hydrogen-bond acceptors (Lipinski definition) is 3. The number of carbonyl (C=O) groups is 1. The largest absolute Gasteiger partial charge is 0.289 e. The summed E-state index contributed by atoms with van der Waals surface area (Å²) in [6.07, 6.45) is 3.55. The normalized spacial score (nSPS) is 13.2. The fourth-order valence-corrected chi connectivity index (χ4v) is 5.04. The Morgan fingerprint density at radius 2 is 0.969 bits per heavy atom. The molecule has 0 aliphatic heterocycles. The van der Waals surface area contributed by atoms with Crippen molar-refractivity contribution < 1.29 is 4.79 Å². The van der Waals surface area contributed by atoms with Crippen LogP contribution in [-0.2, 0) is 4.79 Å². The summed E-state index contributed by atoms with van der Waals surface area (Å²) in [7, 11) is 0. The topological polar surface area (TPSA) is 42.9 Å². The molecule has 0 radical (unpaired) electrons. The van der Waals surface area contributed by atoms with Gasteiger partial charge in [-0.3, -0.25) is 14.8 Å². The average molecular weight is 542 g/mol. The van der Waals surface area contributed by atoms with E-state index in [9.17, 15) is 4.79 Å². The van der Waals surface area contributed by atoms with Gasteiger partial charge in [-0.15, -0.1) is 0 Å². The van der Waals surface area contributed by atoms with E-state index in [0.717, 1.165) is 52.3 Å². The predicted octanol–water partition coefficient (Wildman–Crippen LogP) is 5.29. The van der Waals surface area contributed by atoms with Gasteiger partial charge < -0.3 is 0 Å². The van der Waals surface area contributed by atoms with E-state index in [1.807, 2.05) is 72.8 Å². The second kappa shape index (κ2) is 7.47. The van der Waals surface area contributed by atoms with Crippen LogP contribution in [0.5, 0.6) is 0 Å². The van der Waals surface area contributed by atoms with Gasteiger partial charge in [0, 0.05) is 53.7 Å². The molecule has 5 heteroatoms. The van der Waals surface area contributed by atoms with Crippen LogP contribution in [0.15, 0.2) is 94.1 Å². The third-order valence-corrected chi connectivity index (χ3v) is 6.91. The lowest BCUT2D eigenvalue weighted by Gasteiger charge is -2.06. The number of rotatable bonds is 2. The zero-order chi connectivity index (χ0) is 21.8. The first-order valence-electron chi connectivity index (χ1n) is 10.1. The predicted molar refractivity (Wildman–Crippen MR) is 135 cm³/mol. The van der Waals surface area contributed by atoms with E-state index < -0.39 is 0 Å². The second-order valence-corrected chi connectivity index (χ2v) is 9.47. The highest BCUT2D eigenvalue weighted by Gasteiger charge is 2.29. The van der Waals surface area contributed by atoms with Crippen molar-refractivity contribution >= 4 is 70.6 Å². The van der Waals surface area contributed by atoms with Gasteiger partial charge in [-0.05, 0) is 47.5 Å². The standard InChI is InChI=1S/C27H14Br2N2O/c28-17-9-5-15(6-10-17)21-23-19-3-1-13-30-25(19)26-20(4-2-14-31-26)24(23)22(27(21)32)16-7-11-18(29)12-8-16/h1-14H. The molecule has 0 fully saturated rings. The van der Waals surface area contributed by atoms with Crippen molar-refractivity contribution in [3.63, 3.8) is 0 Å². The van der Waals surface area contributed by atoms with Crippen molar-refractivity contribution in [1.29, 1.82) is 0 Å². The van der Waals surface area contributed by atoms with Crippen molar-refractivity contribution in [3.8, 4) is 0 Å². The maximum atomic E-state index is 14.1. The molecule has 3 aromatic carbocycles. The highest BCUT2D eigenvalue weighted by Crippen LogP contribution is 2.29. The van der Waals surface area contributed by atoms with E-state index in [-0.39, 0.29) is 5.78 Å². The lowest BCUT2D eigenvalue weighted by Crippen LogP contribution is -2.27. The van der Waals surface area contributed by atoms with Crippen molar-refractivity contribution in [1.82, 2.24) is 9.97 Å². The minimum atomic E-state index is 0.0196. The molecular formula is C27H14Br2N2O.